The van der Waals surface area contributed by atoms with Crippen LogP contribution in [0.5, 0.6) is 5.75 Å². The van der Waals surface area contributed by atoms with Gasteiger partial charge in [0.05, 0.1) is 41.7 Å². The molecule has 5 rings (SSSR count). The second-order valence-corrected chi connectivity index (χ2v) is 9.66. The minimum atomic E-state index is -4.57. The quantitative estimate of drug-likeness (QED) is 0.345. The van der Waals surface area contributed by atoms with Crippen LogP contribution in [-0.4, -0.2) is 58.2 Å². The Balaban J connectivity index is 1.55. The van der Waals surface area contributed by atoms with E-state index in [1.807, 2.05) is 13.8 Å². The molecule has 4 aromatic rings. The van der Waals surface area contributed by atoms with Crippen molar-refractivity contribution in [2.45, 2.75) is 25.6 Å². The number of hydrogen-bond donors (Lipinski definition) is 0. The van der Waals surface area contributed by atoms with Gasteiger partial charge in [-0.05, 0) is 55.3 Å². The third kappa shape index (κ3) is 5.04. The van der Waals surface area contributed by atoms with Crippen molar-refractivity contribution in [2.75, 3.05) is 26.8 Å². The maximum Gasteiger partial charge on any atom is 0.419 e. The second kappa shape index (κ2) is 9.68. The highest BCUT2D eigenvalue weighted by molar-refractivity contribution is 5.98. The number of hydrogen-bond acceptors (Lipinski definition) is 6. The van der Waals surface area contributed by atoms with Crippen LogP contribution in [-0.2, 0) is 10.9 Å². The van der Waals surface area contributed by atoms with Gasteiger partial charge in [0.15, 0.2) is 0 Å². The average Bonchev–Trinajstić information content (AvgIpc) is 2.90. The molecule has 0 radical (unpaired) electrons. The normalized spacial score (nSPS) is 15.5. The number of nitrogens with zero attached hydrogens (tertiary/aromatic N) is 4. The van der Waals surface area contributed by atoms with Crippen LogP contribution in [0.25, 0.3) is 33.3 Å². The molecule has 1 fully saturated rings. The fraction of sp³-hybridized carbons (Fsp3) is 0.286. The van der Waals surface area contributed by atoms with Gasteiger partial charge in [0.25, 0.3) is 5.91 Å². The van der Waals surface area contributed by atoms with Crippen LogP contribution in [0.3, 0.4) is 0 Å². The molecule has 0 aliphatic carbocycles. The highest BCUT2D eigenvalue weighted by atomic mass is 19.4. The summed E-state index contributed by atoms with van der Waals surface area (Å²) in [5.41, 5.74) is 1.76. The Bertz CT molecular complexity index is 1520. The number of carbonyl (C=O) groups is 1. The number of carbonyl (C=O) groups excluding carboxylic acids is 1. The van der Waals surface area contributed by atoms with E-state index in [0.29, 0.717) is 58.5 Å². The van der Waals surface area contributed by atoms with E-state index in [4.69, 9.17) is 9.47 Å². The van der Waals surface area contributed by atoms with Crippen LogP contribution in [0, 0.1) is 0 Å². The Hall–Kier alpha value is -4.05. The average molecular weight is 523 g/mol. The van der Waals surface area contributed by atoms with Crippen LogP contribution in [0.1, 0.15) is 29.8 Å². The van der Waals surface area contributed by atoms with E-state index in [2.05, 4.69) is 15.0 Å². The fourth-order valence-electron chi connectivity index (χ4n) is 4.63. The third-order valence-electron chi connectivity index (χ3n) is 6.45. The molecule has 7 nitrogen and oxygen atoms in total. The van der Waals surface area contributed by atoms with Gasteiger partial charge < -0.3 is 14.4 Å². The monoisotopic (exact) mass is 522 g/mol. The standard InChI is InChI=1S/C28H25F3N4O3/c1-27(2)15-35(8-9-38-27)26(36)20-10-19(13-32-14-20)25-21-11-17(4-6-23(21)33-16-34-25)18-5-7-24(37-3)22(12-18)28(29,30)31/h4-7,10-14,16H,8-9,15H2,1-3H3. The molecule has 1 aliphatic rings. The van der Waals surface area contributed by atoms with Crippen LogP contribution >= 0.6 is 0 Å². The van der Waals surface area contributed by atoms with Gasteiger partial charge in [0.1, 0.15) is 12.1 Å². The fourth-order valence-corrected chi connectivity index (χ4v) is 4.63. The number of rotatable bonds is 4. The first-order valence-electron chi connectivity index (χ1n) is 11.9. The van der Waals surface area contributed by atoms with Gasteiger partial charge in [-0.15, -0.1) is 0 Å². The highest BCUT2D eigenvalue weighted by Gasteiger charge is 2.35. The van der Waals surface area contributed by atoms with Crippen LogP contribution in [0.15, 0.2) is 61.2 Å². The van der Waals surface area contributed by atoms with Crippen molar-refractivity contribution in [3.05, 3.63) is 72.3 Å². The zero-order valence-corrected chi connectivity index (χ0v) is 21.0. The van der Waals surface area contributed by atoms with Gasteiger partial charge in [0, 0.05) is 36.4 Å². The summed E-state index contributed by atoms with van der Waals surface area (Å²) in [6.45, 7) is 5.26. The highest BCUT2D eigenvalue weighted by Crippen LogP contribution is 2.39. The van der Waals surface area contributed by atoms with Gasteiger partial charge in [-0.2, -0.15) is 13.2 Å². The van der Waals surface area contributed by atoms with E-state index in [1.54, 1.807) is 41.4 Å². The first-order chi connectivity index (χ1) is 18.1. The van der Waals surface area contributed by atoms with E-state index in [9.17, 15) is 18.0 Å². The summed E-state index contributed by atoms with van der Waals surface area (Å²) in [4.78, 5) is 28.0. The van der Waals surface area contributed by atoms with Crippen molar-refractivity contribution in [1.29, 1.82) is 0 Å². The van der Waals surface area contributed by atoms with E-state index >= 15 is 0 Å². The molecule has 196 valence electrons. The van der Waals surface area contributed by atoms with E-state index in [1.165, 1.54) is 25.7 Å². The molecular formula is C28H25F3N4O3. The second-order valence-electron chi connectivity index (χ2n) is 9.66. The minimum absolute atomic E-state index is 0.160. The number of alkyl halides is 3. The van der Waals surface area contributed by atoms with Crippen molar-refractivity contribution >= 4 is 16.8 Å². The van der Waals surface area contributed by atoms with E-state index in [0.717, 1.165) is 6.07 Å². The predicted octanol–water partition coefficient (Wildman–Crippen LogP) is 5.64. The first kappa shape index (κ1) is 25.6. The number of morpholine rings is 1. The lowest BCUT2D eigenvalue weighted by Crippen LogP contribution is -2.50. The largest absolute Gasteiger partial charge is 0.496 e. The van der Waals surface area contributed by atoms with Gasteiger partial charge in [-0.1, -0.05) is 12.1 Å². The zero-order valence-electron chi connectivity index (χ0n) is 21.0. The van der Waals surface area contributed by atoms with Gasteiger partial charge in [0.2, 0.25) is 0 Å². The first-order valence-corrected chi connectivity index (χ1v) is 11.9. The topological polar surface area (TPSA) is 77.4 Å². The van der Waals surface area contributed by atoms with Crippen molar-refractivity contribution in [3.63, 3.8) is 0 Å². The maximum atomic E-state index is 13.6. The number of aromatic nitrogens is 3. The Morgan fingerprint density at radius 3 is 2.53 bits per heavy atom. The molecule has 1 saturated heterocycles. The molecule has 0 saturated carbocycles. The Morgan fingerprint density at radius 2 is 1.79 bits per heavy atom. The smallest absolute Gasteiger partial charge is 0.419 e. The van der Waals surface area contributed by atoms with Gasteiger partial charge in [-0.3, -0.25) is 9.78 Å². The third-order valence-corrected chi connectivity index (χ3v) is 6.45. The molecule has 1 amide bonds. The summed E-state index contributed by atoms with van der Waals surface area (Å²) in [7, 11) is 1.21. The summed E-state index contributed by atoms with van der Waals surface area (Å²) in [5, 5.41) is 0.619. The van der Waals surface area contributed by atoms with Crippen LogP contribution in [0.4, 0.5) is 13.2 Å². The molecule has 0 N–H and O–H groups in total. The molecule has 0 atom stereocenters. The molecular weight excluding hydrogens is 497 g/mol. The maximum absolute atomic E-state index is 13.6. The van der Waals surface area contributed by atoms with Crippen LogP contribution < -0.4 is 4.74 Å². The van der Waals surface area contributed by atoms with Crippen molar-refractivity contribution in [3.8, 4) is 28.1 Å². The van der Waals surface area contributed by atoms with E-state index < -0.39 is 17.3 Å². The Kier molecular flexibility index (Phi) is 6.52. The number of ether oxygens (including phenoxy) is 2. The van der Waals surface area contributed by atoms with Gasteiger partial charge >= 0.3 is 6.18 Å². The molecule has 2 aromatic heterocycles. The summed E-state index contributed by atoms with van der Waals surface area (Å²) in [5.74, 6) is -0.407. The number of amides is 1. The number of fused-ring (bicyclic) bond motifs is 1. The van der Waals surface area contributed by atoms with Crippen molar-refractivity contribution in [2.24, 2.45) is 0 Å². The minimum Gasteiger partial charge on any atom is -0.496 e. The lowest BCUT2D eigenvalue weighted by Gasteiger charge is -2.38. The molecule has 0 bridgehead atoms. The number of benzene rings is 2. The predicted molar refractivity (Wildman–Crippen MR) is 136 cm³/mol. The summed E-state index contributed by atoms with van der Waals surface area (Å²) in [6.07, 6.45) is -0.0466. The molecule has 38 heavy (non-hydrogen) atoms. The lowest BCUT2D eigenvalue weighted by atomic mass is 9.98. The van der Waals surface area contributed by atoms with Crippen LogP contribution in [0.2, 0.25) is 0 Å². The summed E-state index contributed by atoms with van der Waals surface area (Å²) in [6, 6.07) is 10.8. The molecule has 3 heterocycles. The van der Waals surface area contributed by atoms with E-state index in [-0.39, 0.29) is 11.7 Å². The molecule has 0 spiro atoms. The molecule has 10 heteroatoms. The van der Waals surface area contributed by atoms with Gasteiger partial charge in [-0.25, -0.2) is 9.97 Å². The molecule has 0 unspecified atom stereocenters. The lowest BCUT2D eigenvalue weighted by molar-refractivity contribution is -0.138. The number of methoxy groups -OCH3 is 1. The number of halogens is 3. The zero-order chi connectivity index (χ0) is 27.1. The Morgan fingerprint density at radius 1 is 1.03 bits per heavy atom. The number of pyridine rings is 1. The molecule has 1 aliphatic heterocycles. The van der Waals surface area contributed by atoms with Crippen molar-refractivity contribution < 1.29 is 27.4 Å². The SMILES string of the molecule is COc1ccc(-c2ccc3ncnc(-c4cncc(C(=O)N5CCOC(C)(C)C5)c4)c3c2)cc1C(F)(F)F. The van der Waals surface area contributed by atoms with Crippen molar-refractivity contribution in [1.82, 2.24) is 19.9 Å². The Labute approximate surface area is 217 Å². The summed E-state index contributed by atoms with van der Waals surface area (Å²) >= 11 is 0. The summed E-state index contributed by atoms with van der Waals surface area (Å²) < 4.78 is 51.4. The molecule has 2 aromatic carbocycles.